The zero-order valence-corrected chi connectivity index (χ0v) is 12.1. The van der Waals surface area contributed by atoms with Crippen LogP contribution in [-0.4, -0.2) is 4.86 Å². The Morgan fingerprint density at radius 3 is 2.00 bits per heavy atom. The quantitative estimate of drug-likeness (QED) is 0.427. The molecule has 1 aliphatic heterocycles. The second-order valence-electron chi connectivity index (χ2n) is 6.74. The summed E-state index contributed by atoms with van der Waals surface area (Å²) in [5.41, 5.74) is 0.638. The first-order valence-corrected chi connectivity index (χ1v) is 6.69. The smallest absolute Gasteiger partial charge is 0.0583 e. The van der Waals surface area contributed by atoms with E-state index >= 15 is 0 Å². The summed E-state index contributed by atoms with van der Waals surface area (Å²) in [4.78, 5) is 3.19. The molecule has 0 aromatic rings. The summed E-state index contributed by atoms with van der Waals surface area (Å²) in [5, 5.41) is 0. The van der Waals surface area contributed by atoms with Crippen LogP contribution < -0.4 is 0 Å². The maximum Gasteiger partial charge on any atom is 0.214 e. The van der Waals surface area contributed by atoms with Gasteiger partial charge in [0.1, 0.15) is 0 Å². The molecule has 0 saturated carbocycles. The molecule has 0 N–H and O–H groups in total. The molecule has 0 aliphatic carbocycles. The van der Waals surface area contributed by atoms with Crippen molar-refractivity contribution in [3.05, 3.63) is 11.0 Å². The number of rotatable bonds is 0. The number of allylic oxidation sites excluding steroid dienone is 2. The summed E-state index contributed by atoms with van der Waals surface area (Å²) in [6, 6.07) is 0. The van der Waals surface area contributed by atoms with Crippen molar-refractivity contribution in [2.24, 2.45) is 16.7 Å². The molecule has 0 fully saturated rings. The molecule has 1 unspecified atom stereocenters. The van der Waals surface area contributed by atoms with Gasteiger partial charge in [0.15, 0.2) is 4.86 Å². The van der Waals surface area contributed by atoms with Crippen molar-refractivity contribution in [3.8, 4) is 0 Å². The van der Waals surface area contributed by atoms with Gasteiger partial charge in [0.05, 0.1) is 0 Å². The van der Waals surface area contributed by atoms with Gasteiger partial charge >= 0.3 is 0 Å². The van der Waals surface area contributed by atoms with E-state index in [9.17, 15) is 0 Å². The van der Waals surface area contributed by atoms with Crippen LogP contribution in [0.1, 0.15) is 54.9 Å². The van der Waals surface area contributed by atoms with Gasteiger partial charge in [-0.15, -0.1) is 0 Å². The minimum atomic E-state index is 0.301. The third-order valence-electron chi connectivity index (χ3n) is 2.75. The van der Waals surface area contributed by atoms with Gasteiger partial charge in [0.25, 0.3) is 0 Å². The first-order chi connectivity index (χ1) is 6.60. The van der Waals surface area contributed by atoms with Crippen molar-refractivity contribution in [2.75, 3.05) is 0 Å². The maximum absolute atomic E-state index is 2.46. The second kappa shape index (κ2) is 4.01. The highest BCUT2D eigenvalue weighted by Gasteiger charge is 2.37. The lowest BCUT2D eigenvalue weighted by Crippen LogP contribution is -2.28. The molecule has 15 heavy (non-hydrogen) atoms. The fourth-order valence-electron chi connectivity index (χ4n) is 1.68. The third kappa shape index (κ3) is 3.41. The standard InChI is InChI=1S/C14H25S/c1-10-8-11(13(2,3)4)15-12(9-10)14(5,6)7/h8,10H,9H2,1-7H3/q+1. The molecule has 0 radical (unpaired) electrons. The van der Waals surface area contributed by atoms with Gasteiger partial charge in [-0.25, -0.2) is 0 Å². The van der Waals surface area contributed by atoms with Crippen LogP contribution in [0.25, 0.3) is 0 Å². The van der Waals surface area contributed by atoms with Crippen molar-refractivity contribution < 1.29 is 0 Å². The summed E-state index contributed by atoms with van der Waals surface area (Å²) < 4.78 is 0. The first-order valence-electron chi connectivity index (χ1n) is 5.87. The summed E-state index contributed by atoms with van der Waals surface area (Å²) in [6.45, 7) is 16.2. The maximum atomic E-state index is 2.46. The highest BCUT2D eigenvalue weighted by molar-refractivity contribution is 7.83. The Kier molecular flexibility index (Phi) is 3.45. The van der Waals surface area contributed by atoms with Crippen LogP contribution in [-0.2, 0) is 11.4 Å². The molecule has 1 heterocycles. The van der Waals surface area contributed by atoms with Gasteiger partial charge in [-0.3, -0.25) is 0 Å². The Morgan fingerprint density at radius 1 is 1.07 bits per heavy atom. The van der Waals surface area contributed by atoms with Gasteiger partial charge in [-0.2, -0.15) is 0 Å². The van der Waals surface area contributed by atoms with Gasteiger partial charge < -0.3 is 0 Å². The van der Waals surface area contributed by atoms with Gasteiger partial charge in [0, 0.05) is 17.3 Å². The number of hydrogen-bond donors (Lipinski definition) is 0. The lowest BCUT2D eigenvalue weighted by Gasteiger charge is -2.22. The average Bonchev–Trinajstić information content (AvgIpc) is 1.99. The number of hydrogen-bond acceptors (Lipinski definition) is 0. The SMILES string of the molecule is CC1C=C(C(C)(C)C)[S+]=C(C(C)(C)C)C1. The summed E-state index contributed by atoms with van der Waals surface area (Å²) in [7, 11) is 0. The molecule has 0 amide bonds. The highest BCUT2D eigenvalue weighted by atomic mass is 32.1. The van der Waals surface area contributed by atoms with Crippen LogP contribution in [0.4, 0.5) is 0 Å². The summed E-state index contributed by atoms with van der Waals surface area (Å²) in [6.07, 6.45) is 3.70. The topological polar surface area (TPSA) is 0 Å². The molecule has 0 aromatic heterocycles. The Hall–Kier alpha value is -0.170. The Bertz CT molecular complexity index is 294. The molecule has 86 valence electrons. The van der Waals surface area contributed by atoms with Crippen LogP contribution in [0.5, 0.6) is 0 Å². The minimum Gasteiger partial charge on any atom is -0.0583 e. The molecule has 1 heteroatoms. The molecule has 1 rings (SSSR count). The molecule has 0 nitrogen and oxygen atoms in total. The average molecular weight is 225 g/mol. The van der Waals surface area contributed by atoms with Gasteiger partial charge in [-0.05, 0) is 12.0 Å². The van der Waals surface area contributed by atoms with Crippen molar-refractivity contribution >= 4 is 16.2 Å². The third-order valence-corrected chi connectivity index (χ3v) is 4.75. The van der Waals surface area contributed by atoms with Crippen LogP contribution in [0.15, 0.2) is 11.0 Å². The zero-order chi connectivity index (χ0) is 11.9. The molecule has 0 saturated heterocycles. The Balaban J connectivity index is 3.06. The van der Waals surface area contributed by atoms with E-state index in [1.807, 2.05) is 11.4 Å². The van der Waals surface area contributed by atoms with E-state index in [1.54, 1.807) is 9.77 Å². The van der Waals surface area contributed by atoms with Crippen molar-refractivity contribution in [1.82, 2.24) is 0 Å². The van der Waals surface area contributed by atoms with Crippen molar-refractivity contribution in [3.63, 3.8) is 0 Å². The molecule has 0 spiro atoms. The second-order valence-corrected chi connectivity index (χ2v) is 7.87. The predicted molar refractivity (Wildman–Crippen MR) is 73.1 cm³/mol. The van der Waals surface area contributed by atoms with Crippen LogP contribution in [0, 0.1) is 16.7 Å². The first kappa shape index (κ1) is 12.9. The lowest BCUT2D eigenvalue weighted by atomic mass is 9.85. The van der Waals surface area contributed by atoms with Crippen molar-refractivity contribution in [2.45, 2.75) is 54.9 Å². The normalized spacial score (nSPS) is 23.5. The summed E-state index contributed by atoms with van der Waals surface area (Å²) >= 11 is 2.03. The van der Waals surface area contributed by atoms with E-state index in [0.717, 1.165) is 0 Å². The molecule has 1 atom stereocenters. The fraction of sp³-hybridized carbons (Fsp3) is 0.786. The molecule has 1 aliphatic rings. The van der Waals surface area contributed by atoms with E-state index in [2.05, 4.69) is 54.5 Å². The van der Waals surface area contributed by atoms with Gasteiger partial charge in [-0.1, -0.05) is 48.5 Å². The van der Waals surface area contributed by atoms with E-state index in [0.29, 0.717) is 16.7 Å². The molecular formula is C14H25S+. The molecular weight excluding hydrogens is 200 g/mol. The predicted octanol–water partition coefficient (Wildman–Crippen LogP) is 4.26. The Labute approximate surface area is 99.1 Å². The highest BCUT2D eigenvalue weighted by Crippen LogP contribution is 2.33. The zero-order valence-electron chi connectivity index (χ0n) is 11.3. The molecule has 0 aromatic carbocycles. The van der Waals surface area contributed by atoms with E-state index in [1.165, 1.54) is 6.42 Å². The van der Waals surface area contributed by atoms with E-state index < -0.39 is 0 Å². The van der Waals surface area contributed by atoms with E-state index in [4.69, 9.17) is 0 Å². The largest absolute Gasteiger partial charge is 0.214 e. The molecule has 0 bridgehead atoms. The van der Waals surface area contributed by atoms with E-state index in [-0.39, 0.29) is 0 Å². The van der Waals surface area contributed by atoms with Crippen LogP contribution >= 0.6 is 0 Å². The van der Waals surface area contributed by atoms with Crippen LogP contribution in [0.2, 0.25) is 0 Å². The lowest BCUT2D eigenvalue weighted by molar-refractivity contribution is 0.520. The minimum absolute atomic E-state index is 0.301. The van der Waals surface area contributed by atoms with Gasteiger partial charge in [0.2, 0.25) is 16.3 Å². The monoisotopic (exact) mass is 225 g/mol. The Morgan fingerprint density at radius 2 is 1.60 bits per heavy atom. The summed E-state index contributed by atoms with van der Waals surface area (Å²) in [5.74, 6) is 0.703. The van der Waals surface area contributed by atoms with Crippen LogP contribution in [0.3, 0.4) is 0 Å². The van der Waals surface area contributed by atoms with Crippen molar-refractivity contribution in [1.29, 1.82) is 0 Å². The fourth-order valence-corrected chi connectivity index (χ4v) is 3.20.